The summed E-state index contributed by atoms with van der Waals surface area (Å²) in [6, 6.07) is 10.8. The van der Waals surface area contributed by atoms with Crippen LogP contribution in [0.5, 0.6) is 0 Å². The number of hydrogen-bond donors (Lipinski definition) is 1. The first-order valence-corrected chi connectivity index (χ1v) is 7.55. The summed E-state index contributed by atoms with van der Waals surface area (Å²) in [5.41, 5.74) is 1.64. The zero-order valence-corrected chi connectivity index (χ0v) is 12.6. The van der Waals surface area contributed by atoms with Crippen molar-refractivity contribution in [1.82, 2.24) is 5.32 Å². The fourth-order valence-electron chi connectivity index (χ4n) is 2.36. The van der Waals surface area contributed by atoms with Crippen molar-refractivity contribution in [2.45, 2.75) is 31.7 Å². The minimum atomic E-state index is -2.49. The van der Waals surface area contributed by atoms with Gasteiger partial charge in [-0.25, -0.2) is 17.6 Å². The van der Waals surface area contributed by atoms with Crippen molar-refractivity contribution < 1.29 is 17.6 Å². The molecule has 0 bridgehead atoms. The molecule has 0 fully saturated rings. The third-order valence-corrected chi connectivity index (χ3v) is 3.64. The molecular formula is C18H19F4N. The lowest BCUT2D eigenvalue weighted by molar-refractivity contribution is 0.0981. The van der Waals surface area contributed by atoms with Gasteiger partial charge >= 0.3 is 0 Å². The minimum Gasteiger partial charge on any atom is -0.309 e. The number of benzene rings is 2. The number of alkyl halides is 2. The Morgan fingerprint density at radius 2 is 1.30 bits per heavy atom. The van der Waals surface area contributed by atoms with Gasteiger partial charge in [-0.3, -0.25) is 0 Å². The first-order chi connectivity index (χ1) is 11.0. The van der Waals surface area contributed by atoms with E-state index in [1.54, 1.807) is 12.1 Å². The highest BCUT2D eigenvalue weighted by Gasteiger charge is 2.19. The zero-order valence-electron chi connectivity index (χ0n) is 12.6. The molecule has 1 unspecified atom stereocenters. The predicted octanol–water partition coefficient (Wildman–Crippen LogP) is 4.36. The molecule has 124 valence electrons. The van der Waals surface area contributed by atoms with Gasteiger partial charge in [0, 0.05) is 0 Å². The van der Waals surface area contributed by atoms with Crippen LogP contribution < -0.4 is 5.32 Å². The van der Waals surface area contributed by atoms with Crippen LogP contribution in [0.15, 0.2) is 48.5 Å². The molecule has 0 aromatic heterocycles. The molecule has 0 heterocycles. The molecule has 0 radical (unpaired) electrons. The first kappa shape index (κ1) is 17.5. The molecule has 2 aromatic rings. The monoisotopic (exact) mass is 325 g/mol. The molecule has 23 heavy (non-hydrogen) atoms. The van der Waals surface area contributed by atoms with Crippen LogP contribution in [-0.4, -0.2) is 19.0 Å². The van der Waals surface area contributed by atoms with Gasteiger partial charge in [-0.1, -0.05) is 24.3 Å². The standard InChI is InChI=1S/C18H19F4N/c19-15-7-3-13(4-8-15)2-1-11-23-17(18(21)22)12-14-5-9-16(20)10-6-14/h3-10,17-18,23H,1-2,11-12H2. The lowest BCUT2D eigenvalue weighted by Crippen LogP contribution is -2.38. The van der Waals surface area contributed by atoms with E-state index >= 15 is 0 Å². The normalized spacial score (nSPS) is 12.6. The van der Waals surface area contributed by atoms with Crippen molar-refractivity contribution in [3.05, 3.63) is 71.3 Å². The minimum absolute atomic E-state index is 0.147. The summed E-state index contributed by atoms with van der Waals surface area (Å²) < 4.78 is 51.8. The van der Waals surface area contributed by atoms with Crippen LogP contribution >= 0.6 is 0 Å². The van der Waals surface area contributed by atoms with E-state index in [1.165, 1.54) is 36.4 Å². The Labute approximate surface area is 133 Å². The molecular weight excluding hydrogens is 306 g/mol. The van der Waals surface area contributed by atoms with Gasteiger partial charge in [0.25, 0.3) is 6.43 Å². The SMILES string of the molecule is Fc1ccc(CCCNC(Cc2ccc(F)cc2)C(F)F)cc1. The molecule has 0 saturated carbocycles. The van der Waals surface area contributed by atoms with Gasteiger partial charge in [0.05, 0.1) is 6.04 Å². The van der Waals surface area contributed by atoms with Gasteiger partial charge in [-0.2, -0.15) is 0 Å². The van der Waals surface area contributed by atoms with Gasteiger partial charge in [-0.05, 0) is 61.2 Å². The molecule has 0 amide bonds. The maximum atomic E-state index is 13.1. The highest BCUT2D eigenvalue weighted by Crippen LogP contribution is 2.11. The quantitative estimate of drug-likeness (QED) is 0.561. The highest BCUT2D eigenvalue weighted by atomic mass is 19.3. The van der Waals surface area contributed by atoms with Crippen LogP contribution in [0, 0.1) is 11.6 Å². The second-order valence-corrected chi connectivity index (χ2v) is 5.46. The summed E-state index contributed by atoms with van der Waals surface area (Å²) in [7, 11) is 0. The highest BCUT2D eigenvalue weighted by molar-refractivity contribution is 5.18. The Morgan fingerprint density at radius 1 is 0.783 bits per heavy atom. The van der Waals surface area contributed by atoms with Gasteiger partial charge in [0.1, 0.15) is 11.6 Å². The van der Waals surface area contributed by atoms with E-state index in [2.05, 4.69) is 5.32 Å². The molecule has 0 spiro atoms. The maximum Gasteiger partial charge on any atom is 0.254 e. The summed E-state index contributed by atoms with van der Waals surface area (Å²) in [4.78, 5) is 0. The lowest BCUT2D eigenvalue weighted by Gasteiger charge is -2.18. The maximum absolute atomic E-state index is 13.1. The van der Waals surface area contributed by atoms with Gasteiger partial charge in [0.2, 0.25) is 0 Å². The summed E-state index contributed by atoms with van der Waals surface area (Å²) in [6.45, 7) is 0.438. The molecule has 2 aromatic carbocycles. The summed E-state index contributed by atoms with van der Waals surface area (Å²) in [5.74, 6) is -0.668. The largest absolute Gasteiger partial charge is 0.309 e. The molecule has 0 saturated heterocycles. The Bertz CT molecular complexity index is 581. The Balaban J connectivity index is 1.78. The third kappa shape index (κ3) is 6.02. The smallest absolute Gasteiger partial charge is 0.254 e. The van der Waals surface area contributed by atoms with E-state index in [9.17, 15) is 17.6 Å². The molecule has 0 aliphatic rings. The fraction of sp³-hybridized carbons (Fsp3) is 0.333. The zero-order chi connectivity index (χ0) is 16.7. The predicted molar refractivity (Wildman–Crippen MR) is 82.6 cm³/mol. The lowest BCUT2D eigenvalue weighted by atomic mass is 10.1. The Morgan fingerprint density at radius 3 is 1.83 bits per heavy atom. The van der Waals surface area contributed by atoms with Gasteiger partial charge < -0.3 is 5.32 Å². The second-order valence-electron chi connectivity index (χ2n) is 5.46. The first-order valence-electron chi connectivity index (χ1n) is 7.55. The number of hydrogen-bond acceptors (Lipinski definition) is 1. The van der Waals surface area contributed by atoms with E-state index in [-0.39, 0.29) is 18.1 Å². The molecule has 0 aliphatic heterocycles. The van der Waals surface area contributed by atoms with Crippen molar-refractivity contribution >= 4 is 0 Å². The molecule has 1 N–H and O–H groups in total. The van der Waals surface area contributed by atoms with E-state index in [0.717, 1.165) is 5.56 Å². The number of aryl methyl sites for hydroxylation is 1. The molecule has 5 heteroatoms. The van der Waals surface area contributed by atoms with Crippen molar-refractivity contribution in [3.8, 4) is 0 Å². The van der Waals surface area contributed by atoms with Gasteiger partial charge in [-0.15, -0.1) is 0 Å². The molecule has 2 rings (SSSR count). The van der Waals surface area contributed by atoms with Crippen LogP contribution in [0.3, 0.4) is 0 Å². The van der Waals surface area contributed by atoms with E-state index in [0.29, 0.717) is 24.9 Å². The van der Waals surface area contributed by atoms with Crippen LogP contribution in [0.25, 0.3) is 0 Å². The van der Waals surface area contributed by atoms with E-state index < -0.39 is 12.5 Å². The summed E-state index contributed by atoms with van der Waals surface area (Å²) in [5, 5.41) is 2.85. The van der Waals surface area contributed by atoms with Crippen molar-refractivity contribution in [2.24, 2.45) is 0 Å². The topological polar surface area (TPSA) is 12.0 Å². The number of nitrogens with one attached hydrogen (secondary N) is 1. The van der Waals surface area contributed by atoms with E-state index in [1.807, 2.05) is 0 Å². The number of rotatable bonds is 8. The molecule has 1 nitrogen and oxygen atoms in total. The average Bonchev–Trinajstić information content (AvgIpc) is 2.53. The summed E-state index contributed by atoms with van der Waals surface area (Å²) >= 11 is 0. The van der Waals surface area contributed by atoms with Crippen LogP contribution in [0.4, 0.5) is 17.6 Å². The third-order valence-electron chi connectivity index (χ3n) is 3.64. The second kappa shape index (κ2) is 8.67. The van der Waals surface area contributed by atoms with Crippen molar-refractivity contribution in [1.29, 1.82) is 0 Å². The van der Waals surface area contributed by atoms with Crippen LogP contribution in [-0.2, 0) is 12.8 Å². The van der Waals surface area contributed by atoms with Crippen LogP contribution in [0.1, 0.15) is 17.5 Å². The van der Waals surface area contributed by atoms with Gasteiger partial charge in [0.15, 0.2) is 0 Å². The molecule has 0 aliphatic carbocycles. The fourth-order valence-corrected chi connectivity index (χ4v) is 2.36. The summed E-state index contributed by atoms with van der Waals surface area (Å²) in [6.07, 6.45) is -0.974. The molecule has 1 atom stereocenters. The Hall–Kier alpha value is -1.88. The number of halogens is 4. The Kier molecular flexibility index (Phi) is 6.59. The van der Waals surface area contributed by atoms with Crippen molar-refractivity contribution in [3.63, 3.8) is 0 Å². The van der Waals surface area contributed by atoms with Crippen molar-refractivity contribution in [2.75, 3.05) is 6.54 Å². The van der Waals surface area contributed by atoms with Crippen LogP contribution in [0.2, 0.25) is 0 Å². The average molecular weight is 325 g/mol. The van der Waals surface area contributed by atoms with E-state index in [4.69, 9.17) is 0 Å².